The summed E-state index contributed by atoms with van der Waals surface area (Å²) in [5.41, 5.74) is 0.957. The van der Waals surface area contributed by atoms with E-state index in [1.807, 2.05) is 18.0 Å². The summed E-state index contributed by atoms with van der Waals surface area (Å²) in [5.74, 6) is -0.212. The monoisotopic (exact) mass is 261 g/mol. The highest BCUT2D eigenvalue weighted by Gasteiger charge is 2.07. The van der Waals surface area contributed by atoms with Crippen molar-refractivity contribution in [2.75, 3.05) is 18.5 Å². The van der Waals surface area contributed by atoms with Crippen LogP contribution >= 0.6 is 11.3 Å². The summed E-state index contributed by atoms with van der Waals surface area (Å²) >= 11 is 1.36. The molecule has 2 aromatic rings. The Balaban J connectivity index is 1.96. The van der Waals surface area contributed by atoms with Gasteiger partial charge in [0.25, 0.3) is 0 Å². The molecule has 5 heteroatoms. The largest absolute Gasteiger partial charge is 0.351 e. The Morgan fingerprint density at radius 1 is 1.50 bits per heavy atom. The molecular weight excluding hydrogens is 249 g/mol. The lowest BCUT2D eigenvalue weighted by Gasteiger charge is -2.15. The van der Waals surface area contributed by atoms with Crippen molar-refractivity contribution in [1.82, 2.24) is 4.98 Å². The van der Waals surface area contributed by atoms with Gasteiger partial charge in [0.1, 0.15) is 16.8 Å². The zero-order valence-corrected chi connectivity index (χ0v) is 10.7. The number of aromatic nitrogens is 1. The lowest BCUT2D eigenvalue weighted by Crippen LogP contribution is -2.19. The fraction of sp³-hybridized carbons (Fsp3) is 0.231. The third-order valence-electron chi connectivity index (χ3n) is 2.56. The van der Waals surface area contributed by atoms with E-state index in [1.54, 1.807) is 12.3 Å². The van der Waals surface area contributed by atoms with E-state index < -0.39 is 0 Å². The molecule has 0 radical (unpaired) electrons. The fourth-order valence-electron chi connectivity index (χ4n) is 1.58. The minimum absolute atomic E-state index is 0.212. The second-order valence-electron chi connectivity index (χ2n) is 3.92. The number of likely N-dealkylation sites (N-methyl/N-ethyl adjacent to an activating group) is 1. The Labute approximate surface area is 109 Å². The van der Waals surface area contributed by atoms with Crippen molar-refractivity contribution in [2.45, 2.75) is 6.42 Å². The van der Waals surface area contributed by atoms with Gasteiger partial charge in [-0.05, 0) is 24.1 Å². The zero-order chi connectivity index (χ0) is 13.0. The van der Waals surface area contributed by atoms with Crippen molar-refractivity contribution in [1.29, 1.82) is 5.26 Å². The van der Waals surface area contributed by atoms with Crippen LogP contribution in [0.1, 0.15) is 10.4 Å². The molecule has 18 heavy (non-hydrogen) atoms. The summed E-state index contributed by atoms with van der Waals surface area (Å²) in [6.07, 6.45) is 2.31. The number of nitrogens with zero attached hydrogens (tertiary/aromatic N) is 3. The second-order valence-corrected chi connectivity index (χ2v) is 4.93. The van der Waals surface area contributed by atoms with Gasteiger partial charge in [-0.2, -0.15) is 5.26 Å². The molecule has 0 aliphatic carbocycles. The van der Waals surface area contributed by atoms with E-state index in [9.17, 15) is 4.39 Å². The van der Waals surface area contributed by atoms with E-state index in [-0.39, 0.29) is 5.82 Å². The molecule has 0 N–H and O–H groups in total. The first-order valence-corrected chi connectivity index (χ1v) is 6.32. The molecule has 0 atom stereocenters. The third kappa shape index (κ3) is 3.05. The number of hydrogen-bond acceptors (Lipinski definition) is 4. The fourth-order valence-corrected chi connectivity index (χ4v) is 2.28. The number of nitriles is 1. The summed E-state index contributed by atoms with van der Waals surface area (Å²) < 4.78 is 13.0. The van der Waals surface area contributed by atoms with Crippen molar-refractivity contribution in [3.05, 3.63) is 46.7 Å². The number of thiazole rings is 1. The molecule has 1 aromatic heterocycles. The Hall–Kier alpha value is -1.93. The van der Waals surface area contributed by atoms with E-state index >= 15 is 0 Å². The van der Waals surface area contributed by atoms with Gasteiger partial charge in [-0.25, -0.2) is 9.37 Å². The van der Waals surface area contributed by atoms with Gasteiger partial charge in [0.15, 0.2) is 5.13 Å². The van der Waals surface area contributed by atoms with Gasteiger partial charge >= 0.3 is 0 Å². The van der Waals surface area contributed by atoms with Crippen LogP contribution in [0.3, 0.4) is 0 Å². The molecule has 0 unspecified atom stereocenters. The predicted molar refractivity (Wildman–Crippen MR) is 70.2 cm³/mol. The zero-order valence-electron chi connectivity index (χ0n) is 9.93. The van der Waals surface area contributed by atoms with Gasteiger partial charge in [-0.3, -0.25) is 0 Å². The van der Waals surface area contributed by atoms with Crippen LogP contribution < -0.4 is 4.90 Å². The topological polar surface area (TPSA) is 39.9 Å². The maximum absolute atomic E-state index is 13.0. The standard InChI is InChI=1S/C13H12FN3S/c1-17(13-16-9-12(8-15)18-13)6-5-10-3-2-4-11(14)7-10/h2-4,7,9H,5-6H2,1H3. The molecule has 0 spiro atoms. The highest BCUT2D eigenvalue weighted by molar-refractivity contribution is 7.16. The number of anilines is 1. The van der Waals surface area contributed by atoms with Crippen LogP contribution in [0.15, 0.2) is 30.5 Å². The smallest absolute Gasteiger partial charge is 0.186 e. The molecule has 2 rings (SSSR count). The SMILES string of the molecule is CN(CCc1cccc(F)c1)c1ncc(C#N)s1. The quantitative estimate of drug-likeness (QED) is 0.849. The molecule has 92 valence electrons. The number of hydrogen-bond donors (Lipinski definition) is 0. The maximum Gasteiger partial charge on any atom is 0.186 e. The Kier molecular flexibility index (Phi) is 3.90. The van der Waals surface area contributed by atoms with Gasteiger partial charge in [0, 0.05) is 13.6 Å². The minimum Gasteiger partial charge on any atom is -0.351 e. The first-order chi connectivity index (χ1) is 8.69. The van der Waals surface area contributed by atoms with Gasteiger partial charge in [0.05, 0.1) is 6.20 Å². The van der Waals surface area contributed by atoms with Crippen molar-refractivity contribution in [2.24, 2.45) is 0 Å². The lowest BCUT2D eigenvalue weighted by molar-refractivity contribution is 0.625. The molecule has 0 aliphatic rings. The minimum atomic E-state index is -0.212. The van der Waals surface area contributed by atoms with E-state index in [0.29, 0.717) is 4.88 Å². The lowest BCUT2D eigenvalue weighted by atomic mass is 10.1. The highest BCUT2D eigenvalue weighted by Crippen LogP contribution is 2.20. The molecule has 0 aliphatic heterocycles. The third-order valence-corrected chi connectivity index (χ3v) is 3.57. The van der Waals surface area contributed by atoms with Crippen molar-refractivity contribution in [3.63, 3.8) is 0 Å². The summed E-state index contributed by atoms with van der Waals surface area (Å²) in [4.78, 5) is 6.73. The first kappa shape index (κ1) is 12.5. The average Bonchev–Trinajstić information content (AvgIpc) is 2.85. The van der Waals surface area contributed by atoms with E-state index in [0.717, 1.165) is 23.7 Å². The van der Waals surface area contributed by atoms with Crippen LogP contribution in [0, 0.1) is 17.1 Å². The second kappa shape index (κ2) is 5.61. The van der Waals surface area contributed by atoms with Crippen LogP contribution in [0.2, 0.25) is 0 Å². The van der Waals surface area contributed by atoms with Crippen LogP contribution in [-0.4, -0.2) is 18.6 Å². The summed E-state index contributed by atoms with van der Waals surface area (Å²) in [6, 6.07) is 8.65. The molecular formula is C13H12FN3S. The molecule has 0 saturated heterocycles. The van der Waals surface area contributed by atoms with Crippen molar-refractivity contribution >= 4 is 16.5 Å². The molecule has 1 aromatic carbocycles. The molecule has 3 nitrogen and oxygen atoms in total. The molecule has 1 heterocycles. The van der Waals surface area contributed by atoms with Gasteiger partial charge in [-0.1, -0.05) is 23.5 Å². The normalized spacial score (nSPS) is 10.1. The van der Waals surface area contributed by atoms with E-state index in [4.69, 9.17) is 5.26 Å². The Morgan fingerprint density at radius 3 is 3.00 bits per heavy atom. The Bertz CT molecular complexity index is 574. The highest BCUT2D eigenvalue weighted by atomic mass is 32.1. The summed E-state index contributed by atoms with van der Waals surface area (Å²) in [7, 11) is 1.92. The van der Waals surface area contributed by atoms with E-state index in [2.05, 4.69) is 11.1 Å². The van der Waals surface area contributed by atoms with Crippen LogP contribution in [-0.2, 0) is 6.42 Å². The van der Waals surface area contributed by atoms with Crippen LogP contribution in [0.5, 0.6) is 0 Å². The molecule has 0 bridgehead atoms. The molecule has 0 saturated carbocycles. The molecule has 0 fully saturated rings. The van der Waals surface area contributed by atoms with Gasteiger partial charge in [0.2, 0.25) is 0 Å². The van der Waals surface area contributed by atoms with Crippen LogP contribution in [0.25, 0.3) is 0 Å². The molecule has 0 amide bonds. The maximum atomic E-state index is 13.0. The van der Waals surface area contributed by atoms with Crippen molar-refractivity contribution < 1.29 is 4.39 Å². The first-order valence-electron chi connectivity index (χ1n) is 5.50. The summed E-state index contributed by atoms with van der Waals surface area (Å²) in [6.45, 7) is 0.738. The summed E-state index contributed by atoms with van der Waals surface area (Å²) in [5, 5.41) is 9.54. The van der Waals surface area contributed by atoms with Gasteiger partial charge < -0.3 is 4.90 Å². The number of rotatable bonds is 4. The number of halogens is 1. The Morgan fingerprint density at radius 2 is 2.33 bits per heavy atom. The predicted octanol–water partition coefficient (Wildman–Crippen LogP) is 2.83. The van der Waals surface area contributed by atoms with Gasteiger partial charge in [-0.15, -0.1) is 0 Å². The van der Waals surface area contributed by atoms with Crippen LogP contribution in [0.4, 0.5) is 9.52 Å². The average molecular weight is 261 g/mol. The van der Waals surface area contributed by atoms with Crippen molar-refractivity contribution in [3.8, 4) is 6.07 Å². The number of benzene rings is 1. The van der Waals surface area contributed by atoms with E-state index in [1.165, 1.54) is 23.5 Å².